The zero-order valence-corrected chi connectivity index (χ0v) is 17.3. The number of nitro groups is 1. The average molecular weight is 438 g/mol. The first kappa shape index (κ1) is 19.9. The first-order valence-corrected chi connectivity index (χ1v) is 10.6. The van der Waals surface area contributed by atoms with Crippen LogP contribution in [0.5, 0.6) is 0 Å². The Morgan fingerprint density at radius 1 is 1.20 bits per heavy atom. The summed E-state index contributed by atoms with van der Waals surface area (Å²) in [6, 6.07) is 13.9. The molecule has 150 valence electrons. The number of fused-ring (bicyclic) bond motifs is 1. The number of nitro benzene ring substituents is 1. The van der Waals surface area contributed by atoms with E-state index in [2.05, 4.69) is 20.3 Å². The highest BCUT2D eigenvalue weighted by atomic mass is 32.2. The van der Waals surface area contributed by atoms with Gasteiger partial charge in [0.25, 0.3) is 5.69 Å². The van der Waals surface area contributed by atoms with Gasteiger partial charge in [-0.1, -0.05) is 42.1 Å². The second-order valence-corrected chi connectivity index (χ2v) is 8.48. The number of hydrogen-bond donors (Lipinski definition) is 1. The number of nitrogens with zero attached hydrogens (tertiary/aromatic N) is 4. The van der Waals surface area contributed by atoms with Crippen LogP contribution in [0.25, 0.3) is 22.2 Å². The van der Waals surface area contributed by atoms with E-state index in [1.54, 1.807) is 24.4 Å². The zero-order valence-electron chi connectivity index (χ0n) is 15.7. The van der Waals surface area contributed by atoms with E-state index in [9.17, 15) is 14.9 Å². The van der Waals surface area contributed by atoms with Crippen molar-refractivity contribution >= 4 is 50.7 Å². The molecular formula is C20H15N5O3S2. The predicted molar refractivity (Wildman–Crippen MR) is 118 cm³/mol. The fourth-order valence-corrected chi connectivity index (χ4v) is 4.38. The van der Waals surface area contributed by atoms with Crippen LogP contribution in [0.15, 0.2) is 65.3 Å². The van der Waals surface area contributed by atoms with Crippen molar-refractivity contribution in [2.45, 2.75) is 17.2 Å². The van der Waals surface area contributed by atoms with E-state index >= 15 is 0 Å². The van der Waals surface area contributed by atoms with E-state index in [1.807, 2.05) is 24.3 Å². The number of rotatable bonds is 6. The number of thiazole rings is 1. The molecular weight excluding hydrogens is 422 g/mol. The largest absolute Gasteiger partial charge is 0.301 e. The number of non-ortho nitro benzene ring substituents is 1. The van der Waals surface area contributed by atoms with E-state index in [1.165, 1.54) is 41.6 Å². The highest BCUT2D eigenvalue weighted by Crippen LogP contribution is 2.30. The molecule has 2 aromatic heterocycles. The number of amides is 1. The fraction of sp³-hybridized carbons (Fsp3) is 0.100. The molecule has 1 N–H and O–H groups in total. The number of anilines is 1. The van der Waals surface area contributed by atoms with Crippen molar-refractivity contribution in [1.29, 1.82) is 0 Å². The summed E-state index contributed by atoms with van der Waals surface area (Å²) in [5, 5.41) is 17.2. The highest BCUT2D eigenvalue weighted by molar-refractivity contribution is 8.00. The molecule has 10 heteroatoms. The minimum Gasteiger partial charge on any atom is -0.301 e. The van der Waals surface area contributed by atoms with Crippen LogP contribution in [-0.4, -0.2) is 31.0 Å². The van der Waals surface area contributed by atoms with Gasteiger partial charge in [0, 0.05) is 28.5 Å². The Labute approximate surface area is 179 Å². The number of carbonyl (C=O) groups is 1. The number of benzene rings is 2. The molecule has 1 atom stereocenters. The molecule has 0 fully saturated rings. The van der Waals surface area contributed by atoms with Gasteiger partial charge in [-0.05, 0) is 13.0 Å². The molecule has 30 heavy (non-hydrogen) atoms. The molecule has 2 heterocycles. The van der Waals surface area contributed by atoms with E-state index in [4.69, 9.17) is 0 Å². The van der Waals surface area contributed by atoms with Crippen molar-refractivity contribution in [1.82, 2.24) is 15.0 Å². The van der Waals surface area contributed by atoms with Crippen LogP contribution in [0.3, 0.4) is 0 Å². The molecule has 0 aliphatic carbocycles. The van der Waals surface area contributed by atoms with Gasteiger partial charge in [-0.25, -0.2) is 15.0 Å². The number of nitrogens with one attached hydrogen (secondary N) is 1. The number of carbonyl (C=O) groups excluding carboxylic acids is 1. The standard InChI is InChI=1S/C20H15N5O3S2/c1-12(30-19-15-7-2-3-8-16(15)21-11-22-19)18(26)24-20-23-17(10-29-20)13-5-4-6-14(9-13)25(27)28/h2-12H,1H3,(H,23,24,26)/t12-/m1/s1. The van der Waals surface area contributed by atoms with Crippen molar-refractivity contribution in [2.24, 2.45) is 0 Å². The van der Waals surface area contributed by atoms with Gasteiger partial charge in [0.1, 0.15) is 11.4 Å². The Hall–Kier alpha value is -3.37. The predicted octanol–water partition coefficient (Wildman–Crippen LogP) is 4.78. The summed E-state index contributed by atoms with van der Waals surface area (Å²) in [6.07, 6.45) is 1.49. The second-order valence-electron chi connectivity index (χ2n) is 6.29. The summed E-state index contributed by atoms with van der Waals surface area (Å²) in [5.41, 5.74) is 2.01. The van der Waals surface area contributed by atoms with Crippen molar-refractivity contribution in [3.05, 3.63) is 70.4 Å². The van der Waals surface area contributed by atoms with Gasteiger partial charge in [-0.3, -0.25) is 14.9 Å². The van der Waals surface area contributed by atoms with Gasteiger partial charge in [0.05, 0.1) is 21.4 Å². The van der Waals surface area contributed by atoms with Crippen molar-refractivity contribution in [3.8, 4) is 11.3 Å². The van der Waals surface area contributed by atoms with Crippen molar-refractivity contribution in [2.75, 3.05) is 5.32 Å². The molecule has 2 aromatic carbocycles. The molecule has 0 aliphatic heterocycles. The topological polar surface area (TPSA) is 111 Å². The van der Waals surface area contributed by atoms with Crippen LogP contribution in [-0.2, 0) is 4.79 Å². The molecule has 0 saturated heterocycles. The lowest BCUT2D eigenvalue weighted by Gasteiger charge is -2.11. The molecule has 0 unspecified atom stereocenters. The molecule has 0 saturated carbocycles. The van der Waals surface area contributed by atoms with E-state index in [0.717, 1.165) is 15.9 Å². The summed E-state index contributed by atoms with van der Waals surface area (Å²) >= 11 is 2.61. The quantitative estimate of drug-likeness (QED) is 0.200. The highest BCUT2D eigenvalue weighted by Gasteiger charge is 2.19. The minimum absolute atomic E-state index is 0.00631. The molecule has 0 bridgehead atoms. The number of thioether (sulfide) groups is 1. The van der Waals surface area contributed by atoms with Gasteiger partial charge in [0.15, 0.2) is 5.13 Å². The lowest BCUT2D eigenvalue weighted by molar-refractivity contribution is -0.384. The van der Waals surface area contributed by atoms with Gasteiger partial charge >= 0.3 is 0 Å². The third-order valence-corrected chi connectivity index (χ3v) is 6.12. The minimum atomic E-state index is -0.450. The smallest absolute Gasteiger partial charge is 0.270 e. The number of hydrogen-bond acceptors (Lipinski definition) is 8. The first-order valence-electron chi connectivity index (χ1n) is 8.89. The maximum Gasteiger partial charge on any atom is 0.270 e. The maximum absolute atomic E-state index is 12.6. The second kappa shape index (κ2) is 8.56. The maximum atomic E-state index is 12.6. The summed E-state index contributed by atoms with van der Waals surface area (Å²) in [4.78, 5) is 36.1. The molecule has 1 amide bonds. The van der Waals surface area contributed by atoms with Gasteiger partial charge in [0.2, 0.25) is 5.91 Å². The van der Waals surface area contributed by atoms with Crippen molar-refractivity contribution < 1.29 is 9.72 Å². The lowest BCUT2D eigenvalue weighted by Crippen LogP contribution is -2.22. The van der Waals surface area contributed by atoms with Crippen LogP contribution in [0, 0.1) is 10.1 Å². The third kappa shape index (κ3) is 4.29. The number of aromatic nitrogens is 3. The van der Waals surface area contributed by atoms with Crippen LogP contribution in [0.4, 0.5) is 10.8 Å². The summed E-state index contributed by atoms with van der Waals surface area (Å²) in [5.74, 6) is -0.206. The number of para-hydroxylation sites is 1. The van der Waals surface area contributed by atoms with E-state index in [0.29, 0.717) is 16.4 Å². The van der Waals surface area contributed by atoms with Crippen LogP contribution >= 0.6 is 23.1 Å². The summed E-state index contributed by atoms with van der Waals surface area (Å²) in [7, 11) is 0. The molecule has 0 aliphatic rings. The van der Waals surface area contributed by atoms with Crippen LogP contribution in [0.2, 0.25) is 0 Å². The normalized spacial score (nSPS) is 11.9. The van der Waals surface area contributed by atoms with Gasteiger partial charge in [-0.2, -0.15) is 0 Å². The van der Waals surface area contributed by atoms with Crippen LogP contribution < -0.4 is 5.32 Å². The average Bonchev–Trinajstić information content (AvgIpc) is 3.22. The Morgan fingerprint density at radius 2 is 2.03 bits per heavy atom. The molecule has 4 rings (SSSR count). The van der Waals surface area contributed by atoms with Gasteiger partial charge in [-0.15, -0.1) is 11.3 Å². The van der Waals surface area contributed by atoms with E-state index in [-0.39, 0.29) is 11.6 Å². The Morgan fingerprint density at radius 3 is 2.87 bits per heavy atom. The Kier molecular flexibility index (Phi) is 5.68. The van der Waals surface area contributed by atoms with E-state index < -0.39 is 10.2 Å². The fourth-order valence-electron chi connectivity index (χ4n) is 2.74. The Balaban J connectivity index is 1.46. The molecule has 0 radical (unpaired) electrons. The zero-order chi connectivity index (χ0) is 21.1. The lowest BCUT2D eigenvalue weighted by atomic mass is 10.1. The van der Waals surface area contributed by atoms with Crippen molar-refractivity contribution in [3.63, 3.8) is 0 Å². The first-order chi connectivity index (χ1) is 14.5. The molecule has 8 nitrogen and oxygen atoms in total. The summed E-state index contributed by atoms with van der Waals surface area (Å²) in [6.45, 7) is 1.80. The monoisotopic (exact) mass is 437 g/mol. The Bertz CT molecular complexity index is 1240. The molecule has 4 aromatic rings. The molecule has 0 spiro atoms. The SMILES string of the molecule is C[C@@H](Sc1ncnc2ccccc12)C(=O)Nc1nc(-c2cccc([N+](=O)[O-])c2)cs1. The van der Waals surface area contributed by atoms with Crippen LogP contribution in [0.1, 0.15) is 6.92 Å². The summed E-state index contributed by atoms with van der Waals surface area (Å²) < 4.78 is 0. The third-order valence-electron chi connectivity index (χ3n) is 4.25. The van der Waals surface area contributed by atoms with Gasteiger partial charge < -0.3 is 5.32 Å².